The standard InChI is InChI=1S/C23H32N2O4/c1-16-7-3-5-9-19(16)22(27)25-13-11-18(12-14-25)23(28)29-15-21(26)24-20-10-6-4-8-17(20)2/h3,5,7,9,17-18,20H,4,6,8,10-15H2,1-2H3,(H,24,26)/t17-,20+/m1/s1. The average molecular weight is 401 g/mol. The van der Waals surface area contributed by atoms with Crippen LogP contribution < -0.4 is 5.32 Å². The van der Waals surface area contributed by atoms with E-state index in [9.17, 15) is 14.4 Å². The molecule has 2 amide bonds. The van der Waals surface area contributed by atoms with E-state index in [1.54, 1.807) is 4.90 Å². The van der Waals surface area contributed by atoms with E-state index in [0.29, 0.717) is 37.4 Å². The van der Waals surface area contributed by atoms with Gasteiger partial charge < -0.3 is 15.0 Å². The number of benzene rings is 1. The molecule has 1 heterocycles. The number of hydrogen-bond donors (Lipinski definition) is 1. The number of nitrogens with one attached hydrogen (secondary N) is 1. The number of aryl methyl sites for hydroxylation is 1. The van der Waals surface area contributed by atoms with Crippen LogP contribution in [0.5, 0.6) is 0 Å². The molecular weight excluding hydrogens is 368 g/mol. The molecule has 1 saturated carbocycles. The number of likely N-dealkylation sites (tertiary alicyclic amines) is 1. The molecule has 3 rings (SSSR count). The molecule has 158 valence electrons. The zero-order valence-corrected chi connectivity index (χ0v) is 17.5. The number of rotatable bonds is 5. The minimum atomic E-state index is -0.333. The predicted molar refractivity (Wildman–Crippen MR) is 110 cm³/mol. The smallest absolute Gasteiger partial charge is 0.309 e. The van der Waals surface area contributed by atoms with Crippen molar-refractivity contribution >= 4 is 17.8 Å². The van der Waals surface area contributed by atoms with E-state index in [4.69, 9.17) is 4.74 Å². The minimum absolute atomic E-state index is 0.0101. The predicted octanol–water partition coefficient (Wildman–Crippen LogP) is 3.09. The summed E-state index contributed by atoms with van der Waals surface area (Å²) >= 11 is 0. The fourth-order valence-corrected chi connectivity index (χ4v) is 4.34. The van der Waals surface area contributed by atoms with E-state index in [1.165, 1.54) is 6.42 Å². The normalized spacial score (nSPS) is 22.8. The topological polar surface area (TPSA) is 75.7 Å². The summed E-state index contributed by atoms with van der Waals surface area (Å²) in [5.74, 6) is -0.323. The largest absolute Gasteiger partial charge is 0.455 e. The van der Waals surface area contributed by atoms with Gasteiger partial charge in [0.2, 0.25) is 0 Å². The van der Waals surface area contributed by atoms with Gasteiger partial charge in [-0.1, -0.05) is 38.0 Å². The molecule has 1 saturated heterocycles. The summed E-state index contributed by atoms with van der Waals surface area (Å²) in [7, 11) is 0. The zero-order chi connectivity index (χ0) is 20.8. The highest BCUT2D eigenvalue weighted by Gasteiger charge is 2.30. The fourth-order valence-electron chi connectivity index (χ4n) is 4.34. The van der Waals surface area contributed by atoms with Gasteiger partial charge in [-0.05, 0) is 50.2 Å². The highest BCUT2D eigenvalue weighted by atomic mass is 16.5. The van der Waals surface area contributed by atoms with Crippen LogP contribution in [-0.2, 0) is 14.3 Å². The maximum Gasteiger partial charge on any atom is 0.309 e. The third kappa shape index (κ3) is 5.58. The summed E-state index contributed by atoms with van der Waals surface area (Å²) in [6, 6.07) is 7.73. The average Bonchev–Trinajstić information content (AvgIpc) is 2.73. The van der Waals surface area contributed by atoms with Gasteiger partial charge in [0.05, 0.1) is 5.92 Å². The second kappa shape index (κ2) is 9.90. The van der Waals surface area contributed by atoms with Crippen molar-refractivity contribution in [3.05, 3.63) is 35.4 Å². The lowest BCUT2D eigenvalue weighted by Crippen LogP contribution is -2.44. The van der Waals surface area contributed by atoms with Gasteiger partial charge >= 0.3 is 5.97 Å². The summed E-state index contributed by atoms with van der Waals surface area (Å²) in [4.78, 5) is 39.0. The highest BCUT2D eigenvalue weighted by Crippen LogP contribution is 2.24. The first-order valence-electron chi connectivity index (χ1n) is 10.8. The second-order valence-electron chi connectivity index (χ2n) is 8.42. The molecule has 0 spiro atoms. The van der Waals surface area contributed by atoms with Crippen molar-refractivity contribution in [2.75, 3.05) is 19.7 Å². The number of esters is 1. The number of carbonyl (C=O) groups is 3. The molecule has 29 heavy (non-hydrogen) atoms. The first-order chi connectivity index (χ1) is 14.0. The van der Waals surface area contributed by atoms with Crippen LogP contribution in [0.2, 0.25) is 0 Å². The van der Waals surface area contributed by atoms with Gasteiger partial charge in [0.15, 0.2) is 6.61 Å². The Morgan fingerprint density at radius 1 is 1.07 bits per heavy atom. The van der Waals surface area contributed by atoms with Gasteiger partial charge in [0, 0.05) is 24.7 Å². The quantitative estimate of drug-likeness (QED) is 0.771. The molecule has 1 aliphatic heterocycles. The lowest BCUT2D eigenvalue weighted by Gasteiger charge is -2.31. The third-order valence-electron chi connectivity index (χ3n) is 6.29. The van der Waals surface area contributed by atoms with Gasteiger partial charge in [-0.3, -0.25) is 14.4 Å². The molecule has 1 aliphatic carbocycles. The van der Waals surface area contributed by atoms with Crippen LogP contribution in [0.4, 0.5) is 0 Å². The Bertz CT molecular complexity index is 740. The Labute approximate surface area is 173 Å². The Morgan fingerprint density at radius 3 is 2.45 bits per heavy atom. The number of amides is 2. The number of nitrogens with zero attached hydrogens (tertiary/aromatic N) is 1. The summed E-state index contributed by atoms with van der Waals surface area (Å²) in [5.41, 5.74) is 1.67. The Morgan fingerprint density at radius 2 is 1.76 bits per heavy atom. The van der Waals surface area contributed by atoms with Crippen molar-refractivity contribution in [3.8, 4) is 0 Å². The van der Waals surface area contributed by atoms with Crippen LogP contribution in [0.1, 0.15) is 61.4 Å². The number of hydrogen-bond acceptors (Lipinski definition) is 4. The number of carbonyl (C=O) groups excluding carboxylic acids is 3. The summed E-state index contributed by atoms with van der Waals surface area (Å²) in [6.07, 6.45) is 5.61. The molecule has 0 radical (unpaired) electrons. The zero-order valence-electron chi connectivity index (χ0n) is 17.5. The number of piperidine rings is 1. The van der Waals surface area contributed by atoms with Crippen molar-refractivity contribution in [1.82, 2.24) is 10.2 Å². The first-order valence-corrected chi connectivity index (χ1v) is 10.8. The summed E-state index contributed by atoms with van der Waals surface area (Å²) in [6.45, 7) is 4.92. The molecule has 1 aromatic carbocycles. The molecular formula is C23H32N2O4. The van der Waals surface area contributed by atoms with Gasteiger partial charge in [0.1, 0.15) is 0 Å². The molecule has 1 N–H and O–H groups in total. The molecule has 0 aromatic heterocycles. The SMILES string of the molecule is Cc1ccccc1C(=O)N1CCC(C(=O)OCC(=O)N[C@H]2CCCC[C@H]2C)CC1. The van der Waals surface area contributed by atoms with E-state index in [0.717, 1.165) is 24.8 Å². The maximum absolute atomic E-state index is 12.7. The van der Waals surface area contributed by atoms with Crippen molar-refractivity contribution in [3.63, 3.8) is 0 Å². The summed E-state index contributed by atoms with van der Waals surface area (Å²) in [5, 5.41) is 3.00. The Kier molecular flexibility index (Phi) is 7.29. The van der Waals surface area contributed by atoms with Gasteiger partial charge in [0.25, 0.3) is 11.8 Å². The number of ether oxygens (including phenoxy) is 1. The molecule has 2 atom stereocenters. The Hall–Kier alpha value is -2.37. The second-order valence-corrected chi connectivity index (χ2v) is 8.42. The van der Waals surface area contributed by atoms with E-state index in [1.807, 2.05) is 31.2 Å². The molecule has 1 aromatic rings. The van der Waals surface area contributed by atoms with Crippen LogP contribution in [0.25, 0.3) is 0 Å². The maximum atomic E-state index is 12.7. The van der Waals surface area contributed by atoms with E-state index in [2.05, 4.69) is 12.2 Å². The lowest BCUT2D eigenvalue weighted by atomic mass is 9.86. The minimum Gasteiger partial charge on any atom is -0.455 e. The molecule has 6 heteroatoms. The van der Waals surface area contributed by atoms with Crippen LogP contribution in [0, 0.1) is 18.8 Å². The van der Waals surface area contributed by atoms with E-state index >= 15 is 0 Å². The Balaban J connectivity index is 1.41. The summed E-state index contributed by atoms with van der Waals surface area (Å²) < 4.78 is 5.27. The van der Waals surface area contributed by atoms with Crippen molar-refractivity contribution in [1.29, 1.82) is 0 Å². The van der Waals surface area contributed by atoms with Crippen LogP contribution >= 0.6 is 0 Å². The fraction of sp³-hybridized carbons (Fsp3) is 0.609. The molecule has 0 bridgehead atoms. The highest BCUT2D eigenvalue weighted by molar-refractivity contribution is 5.95. The molecule has 0 unspecified atom stereocenters. The van der Waals surface area contributed by atoms with Crippen LogP contribution in [0.3, 0.4) is 0 Å². The van der Waals surface area contributed by atoms with Crippen LogP contribution in [-0.4, -0.2) is 48.4 Å². The van der Waals surface area contributed by atoms with E-state index < -0.39 is 0 Å². The van der Waals surface area contributed by atoms with Crippen molar-refractivity contribution in [2.45, 2.75) is 58.4 Å². The first kappa shape index (κ1) is 21.3. The van der Waals surface area contributed by atoms with Gasteiger partial charge in [-0.25, -0.2) is 0 Å². The van der Waals surface area contributed by atoms with Crippen molar-refractivity contribution < 1.29 is 19.1 Å². The van der Waals surface area contributed by atoms with Gasteiger partial charge in [-0.2, -0.15) is 0 Å². The van der Waals surface area contributed by atoms with Crippen LogP contribution in [0.15, 0.2) is 24.3 Å². The van der Waals surface area contributed by atoms with Crippen molar-refractivity contribution in [2.24, 2.45) is 11.8 Å². The monoisotopic (exact) mass is 400 g/mol. The van der Waals surface area contributed by atoms with E-state index in [-0.39, 0.29) is 36.4 Å². The third-order valence-corrected chi connectivity index (χ3v) is 6.29. The van der Waals surface area contributed by atoms with Gasteiger partial charge in [-0.15, -0.1) is 0 Å². The molecule has 2 aliphatic rings. The lowest BCUT2D eigenvalue weighted by molar-refractivity contribution is -0.154. The molecule has 2 fully saturated rings. The molecule has 6 nitrogen and oxygen atoms in total.